The Morgan fingerprint density at radius 2 is 2.00 bits per heavy atom. The Kier molecular flexibility index (Phi) is 2.84. The molecule has 20 heavy (non-hydrogen) atoms. The lowest BCUT2D eigenvalue weighted by molar-refractivity contribution is -0.142. The number of carboxylic acid groups (broad SMARTS) is 1. The molecule has 3 heterocycles. The van der Waals surface area contributed by atoms with Gasteiger partial charge in [0.2, 0.25) is 0 Å². The quantitative estimate of drug-likeness (QED) is 0.878. The second kappa shape index (κ2) is 4.33. The molecule has 0 aromatic carbocycles. The number of hydrogen-bond donors (Lipinski definition) is 1. The fourth-order valence-electron chi connectivity index (χ4n) is 3.78. The van der Waals surface area contributed by atoms with Gasteiger partial charge in [-0.05, 0) is 33.1 Å². The van der Waals surface area contributed by atoms with E-state index in [0.717, 1.165) is 18.5 Å². The summed E-state index contributed by atoms with van der Waals surface area (Å²) in [5.41, 5.74) is 2.19. The molecule has 3 unspecified atom stereocenters. The molecule has 1 amide bonds. The van der Waals surface area contributed by atoms with Crippen molar-refractivity contribution in [1.82, 2.24) is 14.7 Å². The average molecular weight is 277 g/mol. The maximum Gasteiger partial charge on any atom is 0.308 e. The number of carbonyl (C=O) groups is 2. The highest BCUT2D eigenvalue weighted by Crippen LogP contribution is 2.42. The lowest BCUT2D eigenvalue weighted by atomic mass is 9.89. The molecule has 3 rings (SSSR count). The summed E-state index contributed by atoms with van der Waals surface area (Å²) in [4.78, 5) is 25.9. The third-order valence-electron chi connectivity index (χ3n) is 4.81. The molecule has 3 atom stereocenters. The molecule has 0 aliphatic carbocycles. The van der Waals surface area contributed by atoms with Gasteiger partial charge in [0.1, 0.15) is 0 Å². The number of carbonyl (C=O) groups excluding carboxylic acids is 1. The molecule has 1 aromatic rings. The fraction of sp³-hybridized carbons (Fsp3) is 0.643. The average Bonchev–Trinajstić information content (AvgIpc) is 3.01. The topological polar surface area (TPSA) is 75.4 Å². The standard InChI is InChI=1S/C14H19N3O3/c1-7-12(8(2)16(3)15-7)13(18)17-9-4-5-11(17)10(6-9)14(19)20/h9-11H,4-6H2,1-3H3,(H,19,20). The van der Waals surface area contributed by atoms with Gasteiger partial charge in [0, 0.05) is 24.8 Å². The molecule has 108 valence electrons. The van der Waals surface area contributed by atoms with Crippen molar-refractivity contribution in [2.75, 3.05) is 0 Å². The summed E-state index contributed by atoms with van der Waals surface area (Å²) < 4.78 is 1.70. The zero-order valence-corrected chi connectivity index (χ0v) is 12.0. The predicted octanol–water partition coefficient (Wildman–Crippen LogP) is 1.11. The van der Waals surface area contributed by atoms with Crippen molar-refractivity contribution in [1.29, 1.82) is 0 Å². The molecule has 0 saturated carbocycles. The number of aryl methyl sites for hydroxylation is 2. The number of rotatable bonds is 2. The first kappa shape index (κ1) is 13.1. The van der Waals surface area contributed by atoms with Crippen LogP contribution in [0.5, 0.6) is 0 Å². The Bertz CT molecular complexity index is 593. The van der Waals surface area contributed by atoms with Crippen LogP contribution >= 0.6 is 0 Å². The molecule has 2 saturated heterocycles. The maximum absolute atomic E-state index is 12.8. The van der Waals surface area contributed by atoms with Crippen LogP contribution in [-0.4, -0.2) is 43.7 Å². The normalized spacial score (nSPS) is 28.1. The molecule has 0 radical (unpaired) electrons. The van der Waals surface area contributed by atoms with Crippen LogP contribution in [0.15, 0.2) is 0 Å². The highest BCUT2D eigenvalue weighted by Gasteiger charge is 2.51. The van der Waals surface area contributed by atoms with Crippen LogP contribution < -0.4 is 0 Å². The maximum atomic E-state index is 12.8. The first-order valence-corrected chi connectivity index (χ1v) is 6.97. The molecule has 1 N–H and O–H groups in total. The number of carboxylic acids is 1. The van der Waals surface area contributed by atoms with Gasteiger partial charge in [-0.2, -0.15) is 5.10 Å². The second-order valence-corrected chi connectivity index (χ2v) is 5.86. The van der Waals surface area contributed by atoms with E-state index in [2.05, 4.69) is 5.10 Å². The second-order valence-electron chi connectivity index (χ2n) is 5.86. The van der Waals surface area contributed by atoms with Crippen LogP contribution in [0.4, 0.5) is 0 Å². The van der Waals surface area contributed by atoms with E-state index in [9.17, 15) is 14.7 Å². The summed E-state index contributed by atoms with van der Waals surface area (Å²) in [7, 11) is 1.82. The molecule has 2 aliphatic heterocycles. The Balaban J connectivity index is 1.94. The first-order valence-electron chi connectivity index (χ1n) is 6.97. The Morgan fingerprint density at radius 1 is 1.30 bits per heavy atom. The molecule has 2 aliphatic rings. The summed E-state index contributed by atoms with van der Waals surface area (Å²) in [5.74, 6) is -1.24. The molecule has 2 fully saturated rings. The first-order chi connectivity index (χ1) is 9.41. The zero-order valence-electron chi connectivity index (χ0n) is 12.0. The fourth-order valence-corrected chi connectivity index (χ4v) is 3.78. The van der Waals surface area contributed by atoms with Crippen LogP contribution in [0.1, 0.15) is 41.0 Å². The van der Waals surface area contributed by atoms with Crippen molar-refractivity contribution in [3.63, 3.8) is 0 Å². The molecule has 2 bridgehead atoms. The molecule has 1 aromatic heterocycles. The van der Waals surface area contributed by atoms with Gasteiger partial charge in [-0.3, -0.25) is 14.3 Å². The van der Waals surface area contributed by atoms with Crippen molar-refractivity contribution in [3.8, 4) is 0 Å². The van der Waals surface area contributed by atoms with E-state index in [4.69, 9.17) is 0 Å². The van der Waals surface area contributed by atoms with Gasteiger partial charge in [0.05, 0.1) is 17.2 Å². The minimum Gasteiger partial charge on any atom is -0.481 e. The molecular weight excluding hydrogens is 258 g/mol. The highest BCUT2D eigenvalue weighted by atomic mass is 16.4. The largest absolute Gasteiger partial charge is 0.481 e. The minimum absolute atomic E-state index is 0.0515. The van der Waals surface area contributed by atoms with E-state index >= 15 is 0 Å². The predicted molar refractivity (Wildman–Crippen MR) is 71.4 cm³/mol. The van der Waals surface area contributed by atoms with E-state index in [0.29, 0.717) is 17.7 Å². The van der Waals surface area contributed by atoms with Crippen molar-refractivity contribution >= 4 is 11.9 Å². The third-order valence-corrected chi connectivity index (χ3v) is 4.81. The summed E-state index contributed by atoms with van der Waals surface area (Å²) in [6.07, 6.45) is 2.30. The number of fused-ring (bicyclic) bond motifs is 2. The van der Waals surface area contributed by atoms with E-state index in [1.165, 1.54) is 0 Å². The van der Waals surface area contributed by atoms with Crippen LogP contribution in [-0.2, 0) is 11.8 Å². The van der Waals surface area contributed by atoms with Gasteiger partial charge >= 0.3 is 5.97 Å². The summed E-state index contributed by atoms with van der Waals surface area (Å²) in [5, 5.41) is 13.5. The van der Waals surface area contributed by atoms with E-state index in [1.54, 1.807) is 9.58 Å². The van der Waals surface area contributed by atoms with Gasteiger partial charge in [-0.1, -0.05) is 0 Å². The van der Waals surface area contributed by atoms with E-state index in [1.807, 2.05) is 20.9 Å². The number of nitrogens with zero attached hydrogens (tertiary/aromatic N) is 3. The van der Waals surface area contributed by atoms with Gasteiger partial charge in [-0.25, -0.2) is 0 Å². The lowest BCUT2D eigenvalue weighted by Gasteiger charge is -2.23. The molecule has 6 heteroatoms. The number of aliphatic carboxylic acids is 1. The van der Waals surface area contributed by atoms with Crippen LogP contribution in [0.2, 0.25) is 0 Å². The zero-order chi connectivity index (χ0) is 14.6. The van der Waals surface area contributed by atoms with Crippen LogP contribution in [0.3, 0.4) is 0 Å². The SMILES string of the molecule is Cc1nn(C)c(C)c1C(=O)N1C2CCC1C(C(=O)O)C2. The van der Waals surface area contributed by atoms with Crippen molar-refractivity contribution in [2.24, 2.45) is 13.0 Å². The Morgan fingerprint density at radius 3 is 2.50 bits per heavy atom. The molecular formula is C14H19N3O3. The van der Waals surface area contributed by atoms with Gasteiger partial charge in [0.25, 0.3) is 5.91 Å². The Hall–Kier alpha value is -1.85. The lowest BCUT2D eigenvalue weighted by Crippen LogP contribution is -2.38. The molecule has 6 nitrogen and oxygen atoms in total. The van der Waals surface area contributed by atoms with E-state index < -0.39 is 11.9 Å². The van der Waals surface area contributed by atoms with E-state index in [-0.39, 0.29) is 18.0 Å². The van der Waals surface area contributed by atoms with Crippen LogP contribution in [0, 0.1) is 19.8 Å². The summed E-state index contributed by atoms with van der Waals surface area (Å²) in [6, 6.07) is -0.0726. The monoisotopic (exact) mass is 277 g/mol. The van der Waals surface area contributed by atoms with Gasteiger partial charge in [0.15, 0.2) is 0 Å². The third kappa shape index (κ3) is 1.67. The number of aromatic nitrogens is 2. The molecule has 0 spiro atoms. The number of amides is 1. The highest BCUT2D eigenvalue weighted by molar-refractivity contribution is 5.97. The van der Waals surface area contributed by atoms with Crippen molar-refractivity contribution in [3.05, 3.63) is 17.0 Å². The van der Waals surface area contributed by atoms with Crippen molar-refractivity contribution in [2.45, 2.75) is 45.2 Å². The summed E-state index contributed by atoms with van der Waals surface area (Å²) in [6.45, 7) is 3.70. The van der Waals surface area contributed by atoms with Gasteiger partial charge in [-0.15, -0.1) is 0 Å². The van der Waals surface area contributed by atoms with Gasteiger partial charge < -0.3 is 10.0 Å². The van der Waals surface area contributed by atoms with Crippen molar-refractivity contribution < 1.29 is 14.7 Å². The minimum atomic E-state index is -0.783. The number of hydrogen-bond acceptors (Lipinski definition) is 3. The Labute approximate surface area is 117 Å². The summed E-state index contributed by atoms with van der Waals surface area (Å²) >= 11 is 0. The smallest absolute Gasteiger partial charge is 0.308 e. The van der Waals surface area contributed by atoms with Crippen LogP contribution in [0.25, 0.3) is 0 Å².